The van der Waals surface area contributed by atoms with Crippen LogP contribution in [0, 0.1) is 0 Å². The lowest BCUT2D eigenvalue weighted by Crippen LogP contribution is -2.08. The Hall–Kier alpha value is -0.890. The van der Waals surface area contributed by atoms with Gasteiger partial charge in [-0.3, -0.25) is 0 Å². The van der Waals surface area contributed by atoms with Crippen molar-refractivity contribution >= 4 is 17.3 Å². The number of benzene rings is 1. The zero-order valence-electron chi connectivity index (χ0n) is 8.69. The molecule has 1 aromatic carbocycles. The second-order valence-electron chi connectivity index (χ2n) is 3.96. The molecule has 80 valence electrons. The Balaban J connectivity index is 2.01. The Kier molecular flexibility index (Phi) is 3.73. The summed E-state index contributed by atoms with van der Waals surface area (Å²) in [6, 6.07) is 7.99. The van der Waals surface area contributed by atoms with E-state index < -0.39 is 0 Å². The Labute approximate surface area is 95.4 Å². The van der Waals surface area contributed by atoms with Crippen LogP contribution in [0.15, 0.2) is 34.5 Å². The molecule has 0 aliphatic heterocycles. The first kappa shape index (κ1) is 10.6. The molecule has 0 atom stereocenters. The SMILES string of the molecule is Clc1ccccc1N=NC1CCCCC1. The molecular formula is C12H15ClN2. The third-order valence-electron chi connectivity index (χ3n) is 2.76. The van der Waals surface area contributed by atoms with Crippen LogP contribution in [0.25, 0.3) is 0 Å². The fraction of sp³-hybridized carbons (Fsp3) is 0.500. The minimum Gasteiger partial charge on any atom is -0.185 e. The van der Waals surface area contributed by atoms with Gasteiger partial charge in [0.05, 0.1) is 11.1 Å². The summed E-state index contributed by atoms with van der Waals surface area (Å²) in [5, 5.41) is 9.26. The minimum atomic E-state index is 0.412. The normalized spacial score (nSPS) is 18.5. The van der Waals surface area contributed by atoms with Gasteiger partial charge in [-0.05, 0) is 25.0 Å². The molecule has 0 radical (unpaired) electrons. The molecule has 2 nitrogen and oxygen atoms in total. The molecule has 1 fully saturated rings. The van der Waals surface area contributed by atoms with Gasteiger partial charge in [0.25, 0.3) is 0 Å². The largest absolute Gasteiger partial charge is 0.185 e. The van der Waals surface area contributed by atoms with E-state index in [1.54, 1.807) is 0 Å². The van der Waals surface area contributed by atoms with Gasteiger partial charge in [0, 0.05) is 0 Å². The molecule has 0 N–H and O–H groups in total. The van der Waals surface area contributed by atoms with Crippen LogP contribution in [0.5, 0.6) is 0 Å². The van der Waals surface area contributed by atoms with E-state index in [1.165, 1.54) is 32.1 Å². The van der Waals surface area contributed by atoms with Gasteiger partial charge < -0.3 is 0 Å². The van der Waals surface area contributed by atoms with Crippen molar-refractivity contribution in [2.75, 3.05) is 0 Å². The van der Waals surface area contributed by atoms with Crippen LogP contribution >= 0.6 is 11.6 Å². The lowest BCUT2D eigenvalue weighted by molar-refractivity contribution is 0.432. The monoisotopic (exact) mass is 222 g/mol. The number of rotatable bonds is 2. The maximum absolute atomic E-state index is 5.99. The molecule has 3 heteroatoms. The van der Waals surface area contributed by atoms with E-state index in [1.807, 2.05) is 24.3 Å². The summed E-state index contributed by atoms with van der Waals surface area (Å²) >= 11 is 5.99. The molecule has 1 aromatic rings. The fourth-order valence-corrected chi connectivity index (χ4v) is 2.05. The summed E-state index contributed by atoms with van der Waals surface area (Å²) in [7, 11) is 0. The van der Waals surface area contributed by atoms with E-state index in [0.717, 1.165) is 5.69 Å². The van der Waals surface area contributed by atoms with Crippen molar-refractivity contribution in [1.82, 2.24) is 0 Å². The molecule has 1 aliphatic rings. The molecular weight excluding hydrogens is 208 g/mol. The van der Waals surface area contributed by atoms with Crippen LogP contribution in [-0.2, 0) is 0 Å². The summed E-state index contributed by atoms with van der Waals surface area (Å²) in [5.74, 6) is 0. The maximum atomic E-state index is 5.99. The summed E-state index contributed by atoms with van der Waals surface area (Å²) in [6.45, 7) is 0. The first-order valence-corrected chi connectivity index (χ1v) is 5.89. The van der Waals surface area contributed by atoms with Gasteiger partial charge in [-0.2, -0.15) is 10.2 Å². The second-order valence-corrected chi connectivity index (χ2v) is 4.37. The van der Waals surface area contributed by atoms with Crippen LogP contribution < -0.4 is 0 Å². The lowest BCUT2D eigenvalue weighted by atomic mass is 9.96. The predicted molar refractivity (Wildman–Crippen MR) is 62.8 cm³/mol. The first-order chi connectivity index (χ1) is 7.36. The van der Waals surface area contributed by atoms with Gasteiger partial charge in [-0.15, -0.1) is 0 Å². The highest BCUT2D eigenvalue weighted by molar-refractivity contribution is 6.32. The summed E-state index contributed by atoms with van der Waals surface area (Å²) < 4.78 is 0. The third-order valence-corrected chi connectivity index (χ3v) is 3.08. The molecule has 15 heavy (non-hydrogen) atoms. The molecule has 1 aliphatic carbocycles. The van der Waals surface area contributed by atoms with E-state index in [2.05, 4.69) is 10.2 Å². The molecule has 0 spiro atoms. The number of azo groups is 1. The van der Waals surface area contributed by atoms with E-state index >= 15 is 0 Å². The number of nitrogens with zero attached hydrogens (tertiary/aromatic N) is 2. The van der Waals surface area contributed by atoms with Crippen molar-refractivity contribution in [2.45, 2.75) is 38.1 Å². The van der Waals surface area contributed by atoms with Gasteiger partial charge in [0.2, 0.25) is 0 Å². The van der Waals surface area contributed by atoms with Crippen LogP contribution in [-0.4, -0.2) is 6.04 Å². The fourth-order valence-electron chi connectivity index (χ4n) is 1.87. The number of halogens is 1. The molecule has 0 heterocycles. The van der Waals surface area contributed by atoms with Crippen molar-refractivity contribution in [3.05, 3.63) is 29.3 Å². The first-order valence-electron chi connectivity index (χ1n) is 5.51. The zero-order chi connectivity index (χ0) is 10.5. The highest BCUT2D eigenvalue weighted by Crippen LogP contribution is 2.26. The van der Waals surface area contributed by atoms with Crippen LogP contribution in [0.3, 0.4) is 0 Å². The number of hydrogen-bond acceptors (Lipinski definition) is 2. The van der Waals surface area contributed by atoms with Gasteiger partial charge in [-0.1, -0.05) is 43.0 Å². The molecule has 1 saturated carbocycles. The Bertz CT molecular complexity index is 343. The highest BCUT2D eigenvalue weighted by atomic mass is 35.5. The lowest BCUT2D eigenvalue weighted by Gasteiger charge is -2.15. The van der Waals surface area contributed by atoms with Gasteiger partial charge >= 0.3 is 0 Å². The maximum Gasteiger partial charge on any atom is 0.104 e. The molecule has 0 amide bonds. The summed E-state index contributed by atoms with van der Waals surface area (Å²) in [4.78, 5) is 0. The molecule has 0 bridgehead atoms. The average molecular weight is 223 g/mol. The third kappa shape index (κ3) is 3.03. The average Bonchev–Trinajstić information content (AvgIpc) is 2.29. The molecule has 0 aromatic heterocycles. The zero-order valence-corrected chi connectivity index (χ0v) is 9.45. The van der Waals surface area contributed by atoms with E-state index in [-0.39, 0.29) is 0 Å². The van der Waals surface area contributed by atoms with Gasteiger partial charge in [-0.25, -0.2) is 0 Å². The van der Waals surface area contributed by atoms with E-state index in [9.17, 15) is 0 Å². The van der Waals surface area contributed by atoms with Crippen LogP contribution in [0.4, 0.5) is 5.69 Å². The van der Waals surface area contributed by atoms with Crippen molar-refractivity contribution in [3.63, 3.8) is 0 Å². The van der Waals surface area contributed by atoms with E-state index in [0.29, 0.717) is 11.1 Å². The minimum absolute atomic E-state index is 0.412. The van der Waals surface area contributed by atoms with E-state index in [4.69, 9.17) is 11.6 Å². The molecule has 2 rings (SSSR count). The summed E-state index contributed by atoms with van der Waals surface area (Å²) in [6.07, 6.45) is 6.26. The molecule has 0 saturated heterocycles. The van der Waals surface area contributed by atoms with Crippen molar-refractivity contribution in [3.8, 4) is 0 Å². The quantitative estimate of drug-likeness (QED) is 0.645. The smallest absolute Gasteiger partial charge is 0.104 e. The van der Waals surface area contributed by atoms with Gasteiger partial charge in [0.15, 0.2) is 0 Å². The second kappa shape index (κ2) is 5.26. The Morgan fingerprint density at radius 3 is 2.53 bits per heavy atom. The topological polar surface area (TPSA) is 24.7 Å². The van der Waals surface area contributed by atoms with Gasteiger partial charge in [0.1, 0.15) is 5.69 Å². The van der Waals surface area contributed by atoms with Crippen molar-refractivity contribution < 1.29 is 0 Å². The Morgan fingerprint density at radius 1 is 1.07 bits per heavy atom. The van der Waals surface area contributed by atoms with Crippen molar-refractivity contribution in [1.29, 1.82) is 0 Å². The highest BCUT2D eigenvalue weighted by Gasteiger charge is 2.11. The van der Waals surface area contributed by atoms with Crippen LogP contribution in [0.2, 0.25) is 5.02 Å². The van der Waals surface area contributed by atoms with Crippen molar-refractivity contribution in [2.24, 2.45) is 10.2 Å². The number of hydrogen-bond donors (Lipinski definition) is 0. The standard InChI is InChI=1S/C12H15ClN2/c13-11-8-4-5-9-12(11)15-14-10-6-2-1-3-7-10/h4-5,8-10H,1-3,6-7H2. The van der Waals surface area contributed by atoms with Crippen LogP contribution in [0.1, 0.15) is 32.1 Å². The Morgan fingerprint density at radius 2 is 1.80 bits per heavy atom. The predicted octanol–water partition coefficient (Wildman–Crippen LogP) is 4.76. The summed E-state index contributed by atoms with van der Waals surface area (Å²) in [5.41, 5.74) is 0.782. The molecule has 0 unspecified atom stereocenters.